The summed E-state index contributed by atoms with van der Waals surface area (Å²) in [6.45, 7) is 0. The Kier molecular flexibility index (Phi) is 2.65. The first-order valence-electron chi connectivity index (χ1n) is 4.06. The third-order valence-corrected chi connectivity index (χ3v) is 3.55. The predicted molar refractivity (Wildman–Crippen MR) is 62.6 cm³/mol. The van der Waals surface area contributed by atoms with Gasteiger partial charge in [0.1, 0.15) is 0 Å². The molecule has 4 heteroatoms. The average Bonchev–Trinajstić information content (AvgIpc) is 2.54. The van der Waals surface area contributed by atoms with Crippen molar-refractivity contribution in [3.63, 3.8) is 0 Å². The molecule has 0 saturated carbocycles. The summed E-state index contributed by atoms with van der Waals surface area (Å²) >= 11 is 5.02. The van der Waals surface area contributed by atoms with Crippen LogP contribution in [0.15, 0.2) is 22.7 Å². The second-order valence-corrected chi connectivity index (χ2v) is 4.70. The van der Waals surface area contributed by atoms with Gasteiger partial charge in [0.15, 0.2) is 5.75 Å². The van der Waals surface area contributed by atoms with Crippen LogP contribution in [0.1, 0.15) is 0 Å². The van der Waals surface area contributed by atoms with Crippen LogP contribution in [-0.4, -0.2) is 14.2 Å². The maximum atomic E-state index is 5.30. The van der Waals surface area contributed by atoms with E-state index in [1.165, 1.54) is 0 Å². The quantitative estimate of drug-likeness (QED) is 0.831. The highest BCUT2D eigenvalue weighted by atomic mass is 79.9. The molecule has 0 aliphatic heterocycles. The molecule has 0 amide bonds. The van der Waals surface area contributed by atoms with Crippen molar-refractivity contribution >= 4 is 37.4 Å². The molecular weight excluding hydrogens is 264 g/mol. The Hall–Kier alpha value is -0.740. The number of rotatable bonds is 2. The predicted octanol–water partition coefficient (Wildman–Crippen LogP) is 3.68. The van der Waals surface area contributed by atoms with Crippen molar-refractivity contribution in [2.24, 2.45) is 0 Å². The summed E-state index contributed by atoms with van der Waals surface area (Å²) < 4.78 is 12.8. The van der Waals surface area contributed by atoms with Gasteiger partial charge in [-0.05, 0) is 18.2 Å². The van der Waals surface area contributed by atoms with Crippen LogP contribution in [0.2, 0.25) is 0 Å². The first kappa shape index (κ1) is 9.80. The van der Waals surface area contributed by atoms with Crippen LogP contribution in [0.5, 0.6) is 10.8 Å². The fourth-order valence-electron chi connectivity index (χ4n) is 1.35. The highest BCUT2D eigenvalue weighted by Crippen LogP contribution is 2.44. The van der Waals surface area contributed by atoms with Gasteiger partial charge in [-0.3, -0.25) is 0 Å². The molecule has 0 spiro atoms. The Balaban J connectivity index is 2.73. The van der Waals surface area contributed by atoms with Crippen molar-refractivity contribution < 1.29 is 9.47 Å². The van der Waals surface area contributed by atoms with E-state index in [0.29, 0.717) is 0 Å². The Morgan fingerprint density at radius 1 is 1.21 bits per heavy atom. The Bertz CT molecular complexity index is 464. The van der Waals surface area contributed by atoms with Gasteiger partial charge in [-0.1, -0.05) is 27.3 Å². The van der Waals surface area contributed by atoms with Crippen LogP contribution in [0, 0.1) is 0 Å². The number of halogens is 1. The molecule has 2 aromatic rings. The van der Waals surface area contributed by atoms with Gasteiger partial charge in [-0.2, -0.15) is 0 Å². The lowest BCUT2D eigenvalue weighted by Gasteiger charge is -2.00. The van der Waals surface area contributed by atoms with Crippen LogP contribution in [0.4, 0.5) is 0 Å². The second kappa shape index (κ2) is 3.79. The zero-order valence-corrected chi connectivity index (χ0v) is 10.2. The molecule has 74 valence electrons. The zero-order chi connectivity index (χ0) is 10.1. The fraction of sp³-hybridized carbons (Fsp3) is 0.200. The van der Waals surface area contributed by atoms with Crippen molar-refractivity contribution in [3.8, 4) is 10.8 Å². The molecule has 14 heavy (non-hydrogen) atoms. The molecular formula is C10H9BrO2S. The molecule has 1 aromatic carbocycles. The van der Waals surface area contributed by atoms with Crippen LogP contribution >= 0.6 is 27.3 Å². The molecule has 0 unspecified atom stereocenters. The molecule has 0 N–H and O–H groups in total. The molecule has 0 radical (unpaired) electrons. The van der Waals surface area contributed by atoms with E-state index in [-0.39, 0.29) is 0 Å². The van der Waals surface area contributed by atoms with Gasteiger partial charge >= 0.3 is 0 Å². The maximum Gasteiger partial charge on any atom is 0.217 e. The van der Waals surface area contributed by atoms with Crippen molar-refractivity contribution in [3.05, 3.63) is 22.7 Å². The minimum Gasteiger partial charge on any atom is -0.491 e. The van der Waals surface area contributed by atoms with Gasteiger partial charge in [0.05, 0.1) is 14.2 Å². The van der Waals surface area contributed by atoms with Crippen molar-refractivity contribution in [2.75, 3.05) is 14.2 Å². The molecule has 0 bridgehead atoms. The number of fused-ring (bicyclic) bond motifs is 1. The summed E-state index contributed by atoms with van der Waals surface area (Å²) in [5.74, 6) is 0.819. The van der Waals surface area contributed by atoms with Crippen molar-refractivity contribution in [1.29, 1.82) is 0 Å². The van der Waals surface area contributed by atoms with E-state index in [1.807, 2.05) is 12.1 Å². The molecule has 0 fully saturated rings. The number of benzene rings is 1. The van der Waals surface area contributed by atoms with Crippen LogP contribution in [0.3, 0.4) is 0 Å². The van der Waals surface area contributed by atoms with Gasteiger partial charge in [-0.15, -0.1) is 0 Å². The lowest BCUT2D eigenvalue weighted by atomic mass is 10.2. The van der Waals surface area contributed by atoms with E-state index in [9.17, 15) is 0 Å². The maximum absolute atomic E-state index is 5.30. The smallest absolute Gasteiger partial charge is 0.217 e. The Labute approximate surface area is 94.6 Å². The van der Waals surface area contributed by atoms with Gasteiger partial charge in [0, 0.05) is 14.6 Å². The molecule has 1 heterocycles. The normalized spacial score (nSPS) is 10.5. The van der Waals surface area contributed by atoms with E-state index in [1.54, 1.807) is 25.6 Å². The Morgan fingerprint density at radius 3 is 2.64 bits per heavy atom. The zero-order valence-electron chi connectivity index (χ0n) is 7.83. The van der Waals surface area contributed by atoms with E-state index >= 15 is 0 Å². The molecule has 0 aliphatic carbocycles. The highest BCUT2D eigenvalue weighted by molar-refractivity contribution is 9.10. The fourth-order valence-corrected chi connectivity index (χ4v) is 2.89. The molecule has 2 nitrogen and oxygen atoms in total. The van der Waals surface area contributed by atoms with Crippen molar-refractivity contribution in [1.82, 2.24) is 0 Å². The third-order valence-electron chi connectivity index (χ3n) is 1.97. The lowest BCUT2D eigenvalue weighted by molar-refractivity contribution is 0.367. The third kappa shape index (κ3) is 1.48. The average molecular weight is 273 g/mol. The van der Waals surface area contributed by atoms with Crippen LogP contribution in [0.25, 0.3) is 10.1 Å². The summed E-state index contributed by atoms with van der Waals surface area (Å²) in [6.07, 6.45) is 0. The summed E-state index contributed by atoms with van der Waals surface area (Å²) in [4.78, 5) is 0. The van der Waals surface area contributed by atoms with E-state index in [0.717, 1.165) is 25.4 Å². The molecule has 2 rings (SSSR count). The van der Waals surface area contributed by atoms with E-state index < -0.39 is 0 Å². The molecule has 0 atom stereocenters. The minimum absolute atomic E-state index is 0.819. The number of hydrogen-bond donors (Lipinski definition) is 0. The number of hydrogen-bond acceptors (Lipinski definition) is 3. The minimum atomic E-state index is 0.819. The largest absolute Gasteiger partial charge is 0.491 e. The molecule has 0 saturated heterocycles. The number of ether oxygens (including phenoxy) is 2. The second-order valence-electron chi connectivity index (χ2n) is 2.77. The number of methoxy groups -OCH3 is 2. The van der Waals surface area contributed by atoms with Gasteiger partial charge in [0.2, 0.25) is 5.06 Å². The first-order valence-corrected chi connectivity index (χ1v) is 5.67. The summed E-state index contributed by atoms with van der Waals surface area (Å²) in [7, 11) is 3.31. The van der Waals surface area contributed by atoms with E-state index in [4.69, 9.17) is 9.47 Å². The summed E-state index contributed by atoms with van der Waals surface area (Å²) in [6, 6.07) is 6.08. The van der Waals surface area contributed by atoms with Crippen LogP contribution < -0.4 is 9.47 Å². The lowest BCUT2D eigenvalue weighted by Crippen LogP contribution is -1.84. The first-order chi connectivity index (χ1) is 6.76. The molecule has 1 aromatic heterocycles. The monoisotopic (exact) mass is 272 g/mol. The SMILES string of the molecule is COc1sc2cc(Br)ccc2c1OC. The van der Waals surface area contributed by atoms with Crippen LogP contribution in [-0.2, 0) is 0 Å². The Morgan fingerprint density at radius 2 is 2.00 bits per heavy atom. The number of thiophene rings is 1. The molecule has 0 aliphatic rings. The van der Waals surface area contributed by atoms with Gasteiger partial charge < -0.3 is 9.47 Å². The standard InChI is InChI=1S/C10H9BrO2S/c1-12-9-7-4-3-6(11)5-8(7)14-10(9)13-2/h3-5H,1-2H3. The van der Waals surface area contributed by atoms with Crippen molar-refractivity contribution in [2.45, 2.75) is 0 Å². The summed E-state index contributed by atoms with van der Waals surface area (Å²) in [5, 5.41) is 1.91. The summed E-state index contributed by atoms with van der Waals surface area (Å²) in [5.41, 5.74) is 0. The van der Waals surface area contributed by atoms with E-state index in [2.05, 4.69) is 22.0 Å². The topological polar surface area (TPSA) is 18.5 Å². The highest BCUT2D eigenvalue weighted by Gasteiger charge is 2.12. The van der Waals surface area contributed by atoms with Gasteiger partial charge in [-0.25, -0.2) is 0 Å². The van der Waals surface area contributed by atoms with Gasteiger partial charge in [0.25, 0.3) is 0 Å².